The summed E-state index contributed by atoms with van der Waals surface area (Å²) >= 11 is 0. The molecule has 1 aliphatic rings. The minimum atomic E-state index is -0.600. The number of hydrogen-bond acceptors (Lipinski definition) is 6. The van der Waals surface area contributed by atoms with Crippen LogP contribution in [0.25, 0.3) is 0 Å². The fourth-order valence-electron chi connectivity index (χ4n) is 3.39. The number of ether oxygens (including phenoxy) is 2. The van der Waals surface area contributed by atoms with Crippen LogP contribution in [-0.2, 0) is 19.1 Å². The van der Waals surface area contributed by atoms with Gasteiger partial charge in [0.1, 0.15) is 6.04 Å². The van der Waals surface area contributed by atoms with E-state index in [-0.39, 0.29) is 30.7 Å². The topological polar surface area (TPSA) is 67.9 Å². The first-order valence-corrected chi connectivity index (χ1v) is 8.42. The number of nitrogens with zero attached hydrogens (tertiary/aromatic N) is 1. The van der Waals surface area contributed by atoms with E-state index in [1.54, 1.807) is 0 Å². The molecule has 0 aromatic heterocycles. The lowest BCUT2D eigenvalue weighted by atomic mass is 9.99. The largest absolute Gasteiger partial charge is 0.468 e. The second-order valence-corrected chi connectivity index (χ2v) is 6.08. The van der Waals surface area contributed by atoms with Crippen molar-refractivity contribution in [2.24, 2.45) is 0 Å². The molecule has 2 aromatic carbocycles. The summed E-state index contributed by atoms with van der Waals surface area (Å²) in [4.78, 5) is 26.5. The number of benzene rings is 2. The van der Waals surface area contributed by atoms with Gasteiger partial charge in [0.05, 0.1) is 33.0 Å². The number of methoxy groups -OCH3 is 2. The van der Waals surface area contributed by atoms with Gasteiger partial charge < -0.3 is 9.47 Å². The van der Waals surface area contributed by atoms with Crippen molar-refractivity contribution in [3.05, 3.63) is 71.8 Å². The van der Waals surface area contributed by atoms with Crippen molar-refractivity contribution >= 4 is 11.9 Å². The molecule has 1 heterocycles. The van der Waals surface area contributed by atoms with Crippen LogP contribution in [0, 0.1) is 0 Å². The summed E-state index contributed by atoms with van der Waals surface area (Å²) in [7, 11) is 2.73. The summed E-state index contributed by atoms with van der Waals surface area (Å²) in [6, 6.07) is 18.4. The molecule has 1 fully saturated rings. The van der Waals surface area contributed by atoms with Crippen LogP contribution in [0.3, 0.4) is 0 Å². The average Bonchev–Trinajstić information content (AvgIpc) is 3.07. The molecule has 6 heteroatoms. The molecule has 0 spiro atoms. The zero-order valence-electron chi connectivity index (χ0n) is 14.8. The summed E-state index contributed by atoms with van der Waals surface area (Å²) in [6.07, 6.45) is -0.315. The number of carbonyl (C=O) groups excluding carboxylic acids is 2. The van der Waals surface area contributed by atoms with Crippen LogP contribution in [-0.4, -0.2) is 43.6 Å². The standard InChI is InChI=1S/C20H22N2O4/c1-25-16(23)13-22-18(14-9-5-3-6-10-14)17(20(24)26-2)21-19(22)15-11-7-4-8-12-15/h3-12,17-19,21H,13H2,1-2H3/t17-,18+,19+/m1/s1. The third-order valence-corrected chi connectivity index (χ3v) is 4.59. The normalized spacial score (nSPS) is 22.8. The van der Waals surface area contributed by atoms with E-state index in [2.05, 4.69) is 5.32 Å². The second-order valence-electron chi connectivity index (χ2n) is 6.08. The SMILES string of the molecule is COC(=O)CN1[C@@H](c2ccccc2)N[C@@H](C(=O)OC)[C@@H]1c1ccccc1. The average molecular weight is 354 g/mol. The highest BCUT2D eigenvalue weighted by Crippen LogP contribution is 2.38. The minimum absolute atomic E-state index is 0.0517. The molecule has 136 valence electrons. The molecule has 1 N–H and O–H groups in total. The van der Waals surface area contributed by atoms with Crippen molar-refractivity contribution in [2.45, 2.75) is 18.2 Å². The Labute approximate surface area is 152 Å². The van der Waals surface area contributed by atoms with E-state index in [0.29, 0.717) is 0 Å². The van der Waals surface area contributed by atoms with Gasteiger partial charge in [-0.1, -0.05) is 60.7 Å². The maximum atomic E-state index is 12.4. The van der Waals surface area contributed by atoms with Gasteiger partial charge in [0.25, 0.3) is 0 Å². The van der Waals surface area contributed by atoms with E-state index < -0.39 is 6.04 Å². The van der Waals surface area contributed by atoms with Gasteiger partial charge in [-0.3, -0.25) is 19.8 Å². The zero-order valence-corrected chi connectivity index (χ0v) is 14.8. The van der Waals surface area contributed by atoms with Gasteiger partial charge in [0.2, 0.25) is 0 Å². The lowest BCUT2D eigenvalue weighted by Crippen LogP contribution is -2.37. The van der Waals surface area contributed by atoms with Crippen LogP contribution in [0.1, 0.15) is 23.3 Å². The van der Waals surface area contributed by atoms with Crippen LogP contribution in [0.5, 0.6) is 0 Å². The number of esters is 2. The van der Waals surface area contributed by atoms with Crippen LogP contribution in [0.15, 0.2) is 60.7 Å². The molecule has 0 unspecified atom stereocenters. The van der Waals surface area contributed by atoms with Gasteiger partial charge in [-0.25, -0.2) is 0 Å². The smallest absolute Gasteiger partial charge is 0.324 e. The first-order chi connectivity index (χ1) is 12.7. The van der Waals surface area contributed by atoms with E-state index in [1.807, 2.05) is 65.6 Å². The molecule has 3 rings (SSSR count). The summed E-state index contributed by atoms with van der Waals surface area (Å²) in [5, 5.41) is 3.33. The Kier molecular flexibility index (Phi) is 5.65. The van der Waals surface area contributed by atoms with Crippen molar-refractivity contribution < 1.29 is 19.1 Å². The molecule has 6 nitrogen and oxygen atoms in total. The molecule has 26 heavy (non-hydrogen) atoms. The van der Waals surface area contributed by atoms with Gasteiger partial charge in [-0.05, 0) is 11.1 Å². The fourth-order valence-corrected chi connectivity index (χ4v) is 3.39. The van der Waals surface area contributed by atoms with E-state index in [1.165, 1.54) is 14.2 Å². The van der Waals surface area contributed by atoms with E-state index in [9.17, 15) is 9.59 Å². The monoisotopic (exact) mass is 354 g/mol. The van der Waals surface area contributed by atoms with Crippen molar-refractivity contribution in [2.75, 3.05) is 20.8 Å². The van der Waals surface area contributed by atoms with Gasteiger partial charge in [-0.2, -0.15) is 0 Å². The minimum Gasteiger partial charge on any atom is -0.468 e. The maximum absolute atomic E-state index is 12.4. The highest BCUT2D eigenvalue weighted by molar-refractivity contribution is 5.78. The Balaban J connectivity index is 2.05. The fraction of sp³-hybridized carbons (Fsp3) is 0.300. The molecule has 0 saturated carbocycles. The predicted octanol–water partition coefficient (Wildman–Crippen LogP) is 2.05. The van der Waals surface area contributed by atoms with Crippen molar-refractivity contribution in [1.82, 2.24) is 10.2 Å². The summed E-state index contributed by atoms with van der Waals surface area (Å²) in [5.74, 6) is -0.730. The van der Waals surface area contributed by atoms with E-state index >= 15 is 0 Å². The Morgan fingerprint density at radius 1 is 0.923 bits per heavy atom. The van der Waals surface area contributed by atoms with E-state index in [0.717, 1.165) is 11.1 Å². The molecule has 3 atom stereocenters. The predicted molar refractivity (Wildman–Crippen MR) is 96.0 cm³/mol. The molecule has 1 aliphatic heterocycles. The van der Waals surface area contributed by atoms with Gasteiger partial charge >= 0.3 is 11.9 Å². The summed E-state index contributed by atoms with van der Waals surface area (Å²) in [6.45, 7) is 0.0517. The zero-order chi connectivity index (χ0) is 18.5. The maximum Gasteiger partial charge on any atom is 0.324 e. The van der Waals surface area contributed by atoms with E-state index in [4.69, 9.17) is 9.47 Å². The molecule has 2 aromatic rings. The Hall–Kier alpha value is -2.70. The lowest BCUT2D eigenvalue weighted by molar-refractivity contribution is -0.145. The number of carbonyl (C=O) groups is 2. The van der Waals surface area contributed by atoms with Gasteiger partial charge in [-0.15, -0.1) is 0 Å². The number of rotatable bonds is 5. The molecule has 0 radical (unpaired) electrons. The number of nitrogens with one attached hydrogen (secondary N) is 1. The Morgan fingerprint density at radius 2 is 1.50 bits per heavy atom. The third-order valence-electron chi connectivity index (χ3n) is 4.59. The van der Waals surface area contributed by atoms with Crippen molar-refractivity contribution in [3.8, 4) is 0 Å². The van der Waals surface area contributed by atoms with Crippen LogP contribution in [0.2, 0.25) is 0 Å². The van der Waals surface area contributed by atoms with Gasteiger partial charge in [0, 0.05) is 0 Å². The highest BCUT2D eigenvalue weighted by Gasteiger charge is 2.46. The summed E-state index contributed by atoms with van der Waals surface area (Å²) < 4.78 is 9.88. The van der Waals surface area contributed by atoms with Crippen molar-refractivity contribution in [3.63, 3.8) is 0 Å². The lowest BCUT2D eigenvalue weighted by Gasteiger charge is -2.29. The third kappa shape index (κ3) is 3.61. The molecule has 0 bridgehead atoms. The second kappa shape index (κ2) is 8.12. The Bertz CT molecular complexity index is 751. The highest BCUT2D eigenvalue weighted by atomic mass is 16.5. The first-order valence-electron chi connectivity index (χ1n) is 8.42. The van der Waals surface area contributed by atoms with Crippen LogP contribution in [0.4, 0.5) is 0 Å². The number of hydrogen-bond donors (Lipinski definition) is 1. The van der Waals surface area contributed by atoms with Crippen LogP contribution >= 0.6 is 0 Å². The molecule has 0 amide bonds. The molecular formula is C20H22N2O4. The quantitative estimate of drug-likeness (QED) is 0.829. The van der Waals surface area contributed by atoms with Crippen molar-refractivity contribution in [1.29, 1.82) is 0 Å². The Morgan fingerprint density at radius 3 is 2.04 bits per heavy atom. The van der Waals surface area contributed by atoms with Gasteiger partial charge in [0.15, 0.2) is 0 Å². The molecule has 0 aliphatic carbocycles. The molecule has 1 saturated heterocycles. The first kappa shape index (κ1) is 18.1. The van der Waals surface area contributed by atoms with Crippen LogP contribution < -0.4 is 5.32 Å². The molecular weight excluding hydrogens is 332 g/mol. The summed E-state index contributed by atoms with van der Waals surface area (Å²) in [5.41, 5.74) is 1.89.